The Morgan fingerprint density at radius 3 is 2.40 bits per heavy atom. The van der Waals surface area contributed by atoms with Gasteiger partial charge in [-0.25, -0.2) is 8.42 Å². The molecule has 2 N–H and O–H groups in total. The van der Waals surface area contributed by atoms with Gasteiger partial charge in [-0.15, -0.1) is 23.1 Å². The van der Waals surface area contributed by atoms with Crippen LogP contribution in [0.5, 0.6) is 0 Å². The topological polar surface area (TPSA) is 75.3 Å². The molecular formula is C17H22N2O3S3. The van der Waals surface area contributed by atoms with Gasteiger partial charge in [-0.2, -0.15) is 4.72 Å². The monoisotopic (exact) mass is 398 g/mol. The maximum atomic E-state index is 12.5. The molecule has 1 aromatic carbocycles. The molecule has 8 heteroatoms. The van der Waals surface area contributed by atoms with Crippen molar-refractivity contribution in [2.45, 2.75) is 35.5 Å². The number of nitrogens with one attached hydrogen (secondary N) is 2. The number of sulfonamides is 1. The van der Waals surface area contributed by atoms with Gasteiger partial charge < -0.3 is 5.32 Å². The van der Waals surface area contributed by atoms with E-state index >= 15 is 0 Å². The second-order valence-electron chi connectivity index (χ2n) is 5.84. The first-order chi connectivity index (χ1) is 11.8. The fraction of sp³-hybridized carbons (Fsp3) is 0.353. The first-order valence-electron chi connectivity index (χ1n) is 7.80. The predicted molar refractivity (Wildman–Crippen MR) is 103 cm³/mol. The van der Waals surface area contributed by atoms with Crippen LogP contribution in [0, 0.1) is 5.92 Å². The highest BCUT2D eigenvalue weighted by Gasteiger charge is 2.28. The molecule has 0 unspecified atom stereocenters. The third kappa shape index (κ3) is 5.57. The van der Waals surface area contributed by atoms with E-state index in [1.165, 1.54) is 6.07 Å². The molecule has 1 amide bonds. The second-order valence-corrected chi connectivity index (χ2v) is 9.61. The lowest BCUT2D eigenvalue weighted by atomic mass is 10.0. The van der Waals surface area contributed by atoms with Crippen molar-refractivity contribution in [1.29, 1.82) is 0 Å². The Kier molecular flexibility index (Phi) is 7.06. The molecule has 136 valence electrons. The molecule has 1 aromatic heterocycles. The molecule has 25 heavy (non-hydrogen) atoms. The Balaban J connectivity index is 2.02. The molecule has 0 fully saturated rings. The van der Waals surface area contributed by atoms with Gasteiger partial charge in [0.2, 0.25) is 5.91 Å². The van der Waals surface area contributed by atoms with Crippen LogP contribution in [0.15, 0.2) is 50.9 Å². The molecule has 5 nitrogen and oxygen atoms in total. The van der Waals surface area contributed by atoms with Crippen LogP contribution in [0.2, 0.25) is 0 Å². The van der Waals surface area contributed by atoms with Gasteiger partial charge in [0.05, 0.1) is 0 Å². The van der Waals surface area contributed by atoms with Crippen molar-refractivity contribution in [3.8, 4) is 0 Å². The van der Waals surface area contributed by atoms with E-state index in [0.717, 1.165) is 21.8 Å². The molecule has 2 rings (SSSR count). The summed E-state index contributed by atoms with van der Waals surface area (Å²) in [6.45, 7) is 3.99. The quantitative estimate of drug-likeness (QED) is 0.670. The summed E-state index contributed by atoms with van der Waals surface area (Å²) in [5, 5.41) is 4.51. The van der Waals surface area contributed by atoms with Gasteiger partial charge in [0, 0.05) is 11.4 Å². The summed E-state index contributed by atoms with van der Waals surface area (Å²) in [4.78, 5) is 13.6. The van der Waals surface area contributed by atoms with Crippen molar-refractivity contribution >= 4 is 39.0 Å². The molecule has 0 spiro atoms. The number of carbonyl (C=O) groups excluding carboxylic acids is 1. The van der Waals surface area contributed by atoms with Gasteiger partial charge in [-0.3, -0.25) is 4.79 Å². The van der Waals surface area contributed by atoms with Crippen LogP contribution in [0.25, 0.3) is 0 Å². The predicted octanol–water partition coefficient (Wildman–Crippen LogP) is 3.09. The average molecular weight is 399 g/mol. The average Bonchev–Trinajstić information content (AvgIpc) is 3.13. The molecule has 0 aliphatic heterocycles. The molecular weight excluding hydrogens is 376 g/mol. The van der Waals surface area contributed by atoms with E-state index in [9.17, 15) is 13.2 Å². The van der Waals surface area contributed by atoms with Gasteiger partial charge in [-0.05, 0) is 41.3 Å². The Morgan fingerprint density at radius 1 is 1.20 bits per heavy atom. The smallest absolute Gasteiger partial charge is 0.250 e. The summed E-state index contributed by atoms with van der Waals surface area (Å²) in [6.07, 6.45) is 2.00. The Hall–Kier alpha value is -1.35. The van der Waals surface area contributed by atoms with Crippen molar-refractivity contribution in [2.75, 3.05) is 6.26 Å². The summed E-state index contributed by atoms with van der Waals surface area (Å²) in [5.74, 6) is -0.502. The SMILES string of the molecule is CSc1ccc(CNC(=O)[C@@H](NS(=O)(=O)c2cccs2)C(C)C)cc1. The Morgan fingerprint density at radius 2 is 1.88 bits per heavy atom. The van der Waals surface area contributed by atoms with Crippen molar-refractivity contribution in [3.63, 3.8) is 0 Å². The highest BCUT2D eigenvalue weighted by molar-refractivity contribution is 7.98. The van der Waals surface area contributed by atoms with Crippen LogP contribution in [0.3, 0.4) is 0 Å². The summed E-state index contributed by atoms with van der Waals surface area (Å²) >= 11 is 2.78. The third-order valence-corrected chi connectivity index (χ3v) is 7.20. The van der Waals surface area contributed by atoms with Gasteiger partial charge in [0.15, 0.2) is 0 Å². The second kappa shape index (κ2) is 8.84. The molecule has 0 saturated heterocycles. The van der Waals surface area contributed by atoms with E-state index < -0.39 is 16.1 Å². The number of thiophene rings is 1. The molecule has 1 atom stereocenters. The van der Waals surface area contributed by atoms with E-state index in [0.29, 0.717) is 6.54 Å². The first kappa shape index (κ1) is 20.0. The van der Waals surface area contributed by atoms with E-state index in [4.69, 9.17) is 0 Å². The summed E-state index contributed by atoms with van der Waals surface area (Å²) in [5.41, 5.74) is 0.967. The molecule has 0 radical (unpaired) electrons. The molecule has 2 aromatic rings. The van der Waals surface area contributed by atoms with E-state index in [2.05, 4.69) is 10.0 Å². The van der Waals surface area contributed by atoms with E-state index in [-0.39, 0.29) is 16.0 Å². The van der Waals surface area contributed by atoms with E-state index in [1.807, 2.05) is 44.4 Å². The zero-order valence-corrected chi connectivity index (χ0v) is 16.8. The lowest BCUT2D eigenvalue weighted by Crippen LogP contribution is -2.49. The zero-order chi connectivity index (χ0) is 18.4. The number of carbonyl (C=O) groups is 1. The fourth-order valence-corrected chi connectivity index (χ4v) is 4.94. The minimum absolute atomic E-state index is 0.173. The Bertz CT molecular complexity index is 785. The van der Waals surface area contributed by atoms with Crippen molar-refractivity contribution in [3.05, 3.63) is 47.3 Å². The first-order valence-corrected chi connectivity index (χ1v) is 11.4. The normalized spacial score (nSPS) is 13.0. The fourth-order valence-electron chi connectivity index (χ4n) is 2.18. The number of amides is 1. The molecule has 0 aliphatic carbocycles. The van der Waals surface area contributed by atoms with Crippen LogP contribution in [0.4, 0.5) is 0 Å². The van der Waals surface area contributed by atoms with Crippen molar-refractivity contribution in [1.82, 2.24) is 10.0 Å². The zero-order valence-electron chi connectivity index (χ0n) is 14.4. The third-order valence-electron chi connectivity index (χ3n) is 3.62. The number of rotatable bonds is 8. The summed E-state index contributed by atoms with van der Waals surface area (Å²) in [6, 6.07) is 10.3. The highest BCUT2D eigenvalue weighted by Crippen LogP contribution is 2.18. The van der Waals surface area contributed by atoms with Gasteiger partial charge in [0.1, 0.15) is 10.3 Å². The van der Waals surface area contributed by atoms with Crippen LogP contribution >= 0.6 is 23.1 Å². The summed E-state index contributed by atoms with van der Waals surface area (Å²) in [7, 11) is -3.69. The minimum Gasteiger partial charge on any atom is -0.351 e. The van der Waals surface area contributed by atoms with Crippen molar-refractivity contribution in [2.24, 2.45) is 5.92 Å². The van der Waals surface area contributed by atoms with Gasteiger partial charge in [0.25, 0.3) is 10.0 Å². The Labute approximate surface area is 157 Å². The number of benzene rings is 1. The maximum absolute atomic E-state index is 12.5. The van der Waals surface area contributed by atoms with Crippen LogP contribution in [-0.2, 0) is 21.4 Å². The standard InChI is InChI=1S/C17H22N2O3S3/c1-12(2)16(19-25(21,22)15-5-4-10-24-15)17(20)18-11-13-6-8-14(23-3)9-7-13/h4-10,12,16,19H,11H2,1-3H3,(H,18,20)/t16-/m0/s1. The van der Waals surface area contributed by atoms with Gasteiger partial charge >= 0.3 is 0 Å². The molecule has 0 aliphatic rings. The van der Waals surface area contributed by atoms with Crippen LogP contribution in [0.1, 0.15) is 19.4 Å². The minimum atomic E-state index is -3.69. The number of hydrogen-bond donors (Lipinski definition) is 2. The van der Waals surface area contributed by atoms with Crippen LogP contribution < -0.4 is 10.0 Å². The van der Waals surface area contributed by atoms with E-state index in [1.54, 1.807) is 23.2 Å². The molecule has 0 bridgehead atoms. The summed E-state index contributed by atoms with van der Waals surface area (Å²) < 4.78 is 27.5. The molecule has 0 saturated carbocycles. The van der Waals surface area contributed by atoms with Gasteiger partial charge in [-0.1, -0.05) is 32.0 Å². The number of thioether (sulfide) groups is 1. The van der Waals surface area contributed by atoms with Crippen molar-refractivity contribution < 1.29 is 13.2 Å². The molecule has 1 heterocycles. The number of hydrogen-bond acceptors (Lipinski definition) is 5. The van der Waals surface area contributed by atoms with Crippen LogP contribution in [-0.4, -0.2) is 26.6 Å². The maximum Gasteiger partial charge on any atom is 0.250 e. The lowest BCUT2D eigenvalue weighted by Gasteiger charge is -2.21. The largest absolute Gasteiger partial charge is 0.351 e. The lowest BCUT2D eigenvalue weighted by molar-refractivity contribution is -0.123. The highest BCUT2D eigenvalue weighted by atomic mass is 32.2.